The molecule has 1 amide bonds. The number of piperidine rings is 1. The van der Waals surface area contributed by atoms with Gasteiger partial charge in [-0.3, -0.25) is 4.79 Å². The Morgan fingerprint density at radius 1 is 1.38 bits per heavy atom. The van der Waals surface area contributed by atoms with E-state index in [1.54, 1.807) is 7.11 Å². The Kier molecular flexibility index (Phi) is 6.05. The highest BCUT2D eigenvalue weighted by atomic mass is 16.5. The van der Waals surface area contributed by atoms with Gasteiger partial charge in [0.05, 0.1) is 13.5 Å². The number of hydrogen-bond acceptors (Lipinski definition) is 3. The summed E-state index contributed by atoms with van der Waals surface area (Å²) < 4.78 is 5.19. The number of ether oxygens (including phenoxy) is 1. The highest BCUT2D eigenvalue weighted by molar-refractivity contribution is 5.78. The third-order valence-corrected chi connectivity index (χ3v) is 4.25. The molecule has 4 nitrogen and oxygen atoms in total. The number of nitrogens with zero attached hydrogens (tertiary/aromatic N) is 1. The Balaban J connectivity index is 1.78. The van der Waals surface area contributed by atoms with Gasteiger partial charge in [0.1, 0.15) is 5.75 Å². The normalized spacial score (nSPS) is 15.7. The van der Waals surface area contributed by atoms with E-state index < -0.39 is 0 Å². The molecule has 2 rings (SSSR count). The third-order valence-electron chi connectivity index (χ3n) is 4.25. The zero-order valence-corrected chi connectivity index (χ0v) is 13.1. The number of methoxy groups -OCH3 is 1. The second-order valence-corrected chi connectivity index (χ2v) is 5.83. The van der Waals surface area contributed by atoms with Crippen LogP contribution in [0.5, 0.6) is 5.75 Å². The highest BCUT2D eigenvalue weighted by Gasteiger charge is 2.16. The van der Waals surface area contributed by atoms with Crippen molar-refractivity contribution in [2.75, 3.05) is 33.8 Å². The minimum Gasteiger partial charge on any atom is -0.497 e. The molecule has 0 spiro atoms. The van der Waals surface area contributed by atoms with Gasteiger partial charge in [-0.1, -0.05) is 12.1 Å². The summed E-state index contributed by atoms with van der Waals surface area (Å²) in [5.74, 6) is 1.74. The van der Waals surface area contributed by atoms with Crippen LogP contribution in [-0.2, 0) is 11.2 Å². The first-order valence-electron chi connectivity index (χ1n) is 7.76. The van der Waals surface area contributed by atoms with E-state index in [1.807, 2.05) is 36.2 Å². The first kappa shape index (κ1) is 15.8. The fraction of sp³-hybridized carbons (Fsp3) is 0.588. The smallest absolute Gasteiger partial charge is 0.226 e. The molecule has 4 heteroatoms. The van der Waals surface area contributed by atoms with E-state index in [1.165, 1.54) is 12.8 Å². The van der Waals surface area contributed by atoms with Crippen molar-refractivity contribution in [3.05, 3.63) is 29.8 Å². The van der Waals surface area contributed by atoms with Crippen molar-refractivity contribution in [3.63, 3.8) is 0 Å². The van der Waals surface area contributed by atoms with Gasteiger partial charge in [0.15, 0.2) is 0 Å². The Hall–Kier alpha value is -1.55. The largest absolute Gasteiger partial charge is 0.497 e. The molecule has 0 saturated carbocycles. The van der Waals surface area contributed by atoms with Gasteiger partial charge in [-0.05, 0) is 56.0 Å². The van der Waals surface area contributed by atoms with Crippen LogP contribution in [0.4, 0.5) is 0 Å². The van der Waals surface area contributed by atoms with E-state index in [4.69, 9.17) is 4.74 Å². The number of carbonyl (C=O) groups excluding carboxylic acids is 1. The van der Waals surface area contributed by atoms with E-state index in [0.29, 0.717) is 6.42 Å². The van der Waals surface area contributed by atoms with Crippen molar-refractivity contribution in [2.24, 2.45) is 5.92 Å². The van der Waals surface area contributed by atoms with Crippen LogP contribution in [0.15, 0.2) is 24.3 Å². The van der Waals surface area contributed by atoms with E-state index in [0.717, 1.165) is 43.3 Å². The molecule has 0 aliphatic carbocycles. The summed E-state index contributed by atoms with van der Waals surface area (Å²) in [4.78, 5) is 14.1. The molecule has 0 radical (unpaired) electrons. The molecule has 0 bridgehead atoms. The summed E-state index contributed by atoms with van der Waals surface area (Å²) in [6.45, 7) is 3.09. The first-order valence-corrected chi connectivity index (χ1v) is 7.76. The first-order chi connectivity index (χ1) is 10.2. The summed E-state index contributed by atoms with van der Waals surface area (Å²) in [6.07, 6.45) is 4.03. The quantitative estimate of drug-likeness (QED) is 0.872. The predicted octanol–water partition coefficient (Wildman–Crippen LogP) is 2.09. The van der Waals surface area contributed by atoms with Crippen LogP contribution >= 0.6 is 0 Å². The lowest BCUT2D eigenvalue weighted by Gasteiger charge is -2.25. The van der Waals surface area contributed by atoms with Gasteiger partial charge in [-0.2, -0.15) is 0 Å². The standard InChI is InChI=1S/C17H26N2O2/c1-19(11-8-14-6-9-18-10-7-14)17(20)13-15-4-3-5-16(12-15)21-2/h3-5,12,14,18H,6-11,13H2,1-2H3. The van der Waals surface area contributed by atoms with Crippen molar-refractivity contribution < 1.29 is 9.53 Å². The summed E-state index contributed by atoms with van der Waals surface area (Å²) in [6, 6.07) is 7.73. The molecule has 1 saturated heterocycles. The fourth-order valence-electron chi connectivity index (χ4n) is 2.76. The van der Waals surface area contributed by atoms with Gasteiger partial charge in [0.25, 0.3) is 0 Å². The molecule has 1 N–H and O–H groups in total. The van der Waals surface area contributed by atoms with Gasteiger partial charge < -0.3 is 15.0 Å². The number of hydrogen-bond donors (Lipinski definition) is 1. The Labute approximate surface area is 127 Å². The summed E-state index contributed by atoms with van der Waals surface area (Å²) in [5.41, 5.74) is 1.01. The zero-order valence-electron chi connectivity index (χ0n) is 13.1. The van der Waals surface area contributed by atoms with Crippen molar-refractivity contribution in [1.82, 2.24) is 10.2 Å². The molecule has 1 heterocycles. The third kappa shape index (κ3) is 5.05. The molecular weight excluding hydrogens is 264 g/mol. The summed E-state index contributed by atoms with van der Waals surface area (Å²) >= 11 is 0. The number of nitrogens with one attached hydrogen (secondary N) is 1. The van der Waals surface area contributed by atoms with Gasteiger partial charge >= 0.3 is 0 Å². The van der Waals surface area contributed by atoms with Crippen LogP contribution < -0.4 is 10.1 Å². The van der Waals surface area contributed by atoms with E-state index in [2.05, 4.69) is 5.32 Å². The molecule has 1 fully saturated rings. The van der Waals surface area contributed by atoms with Crippen LogP contribution in [0.2, 0.25) is 0 Å². The molecule has 1 aliphatic heterocycles. The zero-order chi connectivity index (χ0) is 15.1. The number of carbonyl (C=O) groups is 1. The maximum absolute atomic E-state index is 12.3. The Bertz CT molecular complexity index is 456. The van der Waals surface area contributed by atoms with E-state index in [9.17, 15) is 4.79 Å². The second-order valence-electron chi connectivity index (χ2n) is 5.83. The molecule has 1 aromatic rings. The Morgan fingerprint density at radius 2 is 2.14 bits per heavy atom. The average Bonchev–Trinajstić information content (AvgIpc) is 2.53. The lowest BCUT2D eigenvalue weighted by atomic mass is 9.94. The second kappa shape index (κ2) is 8.03. The maximum atomic E-state index is 12.3. The lowest BCUT2D eigenvalue weighted by Crippen LogP contribution is -2.33. The molecule has 1 aliphatic rings. The molecule has 21 heavy (non-hydrogen) atoms. The van der Waals surface area contributed by atoms with Crippen LogP contribution in [0, 0.1) is 5.92 Å². The SMILES string of the molecule is COc1cccc(CC(=O)N(C)CCC2CCNCC2)c1. The van der Waals surface area contributed by atoms with E-state index >= 15 is 0 Å². The van der Waals surface area contributed by atoms with Crippen LogP contribution in [0.3, 0.4) is 0 Å². The minimum atomic E-state index is 0.178. The van der Waals surface area contributed by atoms with Crippen LogP contribution in [-0.4, -0.2) is 44.6 Å². The number of amides is 1. The maximum Gasteiger partial charge on any atom is 0.226 e. The number of likely N-dealkylation sites (N-methyl/N-ethyl adjacent to an activating group) is 1. The van der Waals surface area contributed by atoms with Gasteiger partial charge in [0, 0.05) is 13.6 Å². The molecule has 116 valence electrons. The monoisotopic (exact) mass is 290 g/mol. The number of benzene rings is 1. The van der Waals surface area contributed by atoms with Gasteiger partial charge in [-0.25, -0.2) is 0 Å². The number of rotatable bonds is 6. The minimum absolute atomic E-state index is 0.178. The van der Waals surface area contributed by atoms with Crippen molar-refractivity contribution >= 4 is 5.91 Å². The van der Waals surface area contributed by atoms with Crippen molar-refractivity contribution in [1.29, 1.82) is 0 Å². The van der Waals surface area contributed by atoms with Crippen molar-refractivity contribution in [3.8, 4) is 5.75 Å². The summed E-state index contributed by atoms with van der Waals surface area (Å²) in [5, 5.41) is 3.38. The molecule has 0 aromatic heterocycles. The van der Waals surface area contributed by atoms with Crippen molar-refractivity contribution in [2.45, 2.75) is 25.7 Å². The molecule has 1 aromatic carbocycles. The topological polar surface area (TPSA) is 41.6 Å². The van der Waals surface area contributed by atoms with Gasteiger partial charge in [-0.15, -0.1) is 0 Å². The van der Waals surface area contributed by atoms with E-state index in [-0.39, 0.29) is 5.91 Å². The fourth-order valence-corrected chi connectivity index (χ4v) is 2.76. The average molecular weight is 290 g/mol. The Morgan fingerprint density at radius 3 is 2.86 bits per heavy atom. The predicted molar refractivity (Wildman–Crippen MR) is 84.5 cm³/mol. The molecule has 0 unspecified atom stereocenters. The molecule has 0 atom stereocenters. The molecular formula is C17H26N2O2. The highest BCUT2D eigenvalue weighted by Crippen LogP contribution is 2.17. The van der Waals surface area contributed by atoms with Crippen LogP contribution in [0.25, 0.3) is 0 Å². The van der Waals surface area contributed by atoms with Crippen LogP contribution in [0.1, 0.15) is 24.8 Å². The summed E-state index contributed by atoms with van der Waals surface area (Å²) in [7, 11) is 3.55. The van der Waals surface area contributed by atoms with Gasteiger partial charge in [0.2, 0.25) is 5.91 Å². The lowest BCUT2D eigenvalue weighted by molar-refractivity contribution is -0.129.